The maximum Gasteiger partial charge on any atom is 0.315 e. The highest BCUT2D eigenvalue weighted by Crippen LogP contribution is 2.44. The average Bonchev–Trinajstić information content (AvgIpc) is 2.54. The number of hydrogen-bond donors (Lipinski definition) is 1. The molecule has 0 spiro atoms. The van der Waals surface area contributed by atoms with Gasteiger partial charge >= 0.3 is 5.97 Å². The van der Waals surface area contributed by atoms with Gasteiger partial charge in [0.2, 0.25) is 0 Å². The number of ketones is 1. The number of allylic oxidation sites excluding steroid dienone is 2. The topological polar surface area (TPSA) is 76.0 Å². The molecular weight excluding hydrogens is 306 g/mol. The molecule has 126 valence electrons. The van der Waals surface area contributed by atoms with Gasteiger partial charge in [0.25, 0.3) is 0 Å². The molecule has 3 rings (SSSR count). The van der Waals surface area contributed by atoms with Gasteiger partial charge in [-0.2, -0.15) is 0 Å². The second kappa shape index (κ2) is 6.59. The number of carbonyl (C=O) groups is 2. The van der Waals surface area contributed by atoms with E-state index in [9.17, 15) is 14.7 Å². The summed E-state index contributed by atoms with van der Waals surface area (Å²) in [6.07, 6.45) is 1.99. The minimum absolute atomic E-state index is 0.0372. The zero-order chi connectivity index (χ0) is 17.3. The molecule has 0 amide bonds. The molecule has 0 bridgehead atoms. The van der Waals surface area contributed by atoms with Crippen molar-refractivity contribution >= 4 is 17.5 Å². The van der Waals surface area contributed by atoms with Gasteiger partial charge in [-0.15, -0.1) is 0 Å². The Morgan fingerprint density at radius 1 is 1.38 bits per heavy atom. The molecule has 1 aliphatic carbocycles. The van der Waals surface area contributed by atoms with Crippen LogP contribution in [0, 0.1) is 5.92 Å². The fourth-order valence-electron chi connectivity index (χ4n) is 3.62. The van der Waals surface area contributed by atoms with Gasteiger partial charge in [-0.25, -0.2) is 0 Å². The lowest BCUT2D eigenvalue weighted by Gasteiger charge is -2.34. The number of rotatable bonds is 3. The second-order valence-corrected chi connectivity index (χ2v) is 6.19. The van der Waals surface area contributed by atoms with Crippen LogP contribution in [0.5, 0.6) is 5.75 Å². The van der Waals surface area contributed by atoms with Gasteiger partial charge in [0, 0.05) is 29.3 Å². The molecule has 1 aliphatic heterocycles. The Bertz CT molecular complexity index is 747. The smallest absolute Gasteiger partial charge is 0.315 e. The summed E-state index contributed by atoms with van der Waals surface area (Å²) in [5.74, 6) is -1.31. The molecule has 0 saturated carbocycles. The summed E-state index contributed by atoms with van der Waals surface area (Å²) < 4.78 is 5.23. The molecule has 2 atom stereocenters. The van der Waals surface area contributed by atoms with E-state index < -0.39 is 11.8 Å². The van der Waals surface area contributed by atoms with Gasteiger partial charge in [-0.3, -0.25) is 14.6 Å². The van der Waals surface area contributed by atoms with Crippen LogP contribution in [0.1, 0.15) is 44.6 Å². The van der Waals surface area contributed by atoms with Crippen molar-refractivity contribution in [3.63, 3.8) is 0 Å². The number of benzene rings is 1. The third kappa shape index (κ3) is 2.86. The fourth-order valence-corrected chi connectivity index (χ4v) is 3.62. The van der Waals surface area contributed by atoms with Gasteiger partial charge in [-0.1, -0.05) is 12.1 Å². The van der Waals surface area contributed by atoms with Crippen molar-refractivity contribution in [2.45, 2.75) is 39.0 Å². The maximum absolute atomic E-state index is 12.6. The SMILES string of the molecule is CCOC(=O)C1C(C)=NC2=C(C(=O)CCC2)[C@@H]1c1cccc(O)c1. The maximum atomic E-state index is 12.6. The number of nitrogens with zero attached hydrogens (tertiary/aromatic N) is 1. The minimum atomic E-state index is -0.632. The van der Waals surface area contributed by atoms with E-state index in [2.05, 4.69) is 4.99 Å². The Morgan fingerprint density at radius 2 is 2.17 bits per heavy atom. The van der Waals surface area contributed by atoms with Crippen LogP contribution in [-0.2, 0) is 14.3 Å². The van der Waals surface area contributed by atoms with E-state index in [-0.39, 0.29) is 24.1 Å². The van der Waals surface area contributed by atoms with Crippen molar-refractivity contribution in [1.82, 2.24) is 0 Å². The molecule has 5 heteroatoms. The van der Waals surface area contributed by atoms with Crippen molar-refractivity contribution in [1.29, 1.82) is 0 Å². The summed E-state index contributed by atoms with van der Waals surface area (Å²) in [5.41, 5.74) is 2.79. The number of phenols is 1. The zero-order valence-electron chi connectivity index (χ0n) is 13.9. The summed E-state index contributed by atoms with van der Waals surface area (Å²) in [5, 5.41) is 9.85. The molecule has 1 aromatic carbocycles. The van der Waals surface area contributed by atoms with Crippen LogP contribution in [0.4, 0.5) is 0 Å². The van der Waals surface area contributed by atoms with Crippen LogP contribution in [0.3, 0.4) is 0 Å². The largest absolute Gasteiger partial charge is 0.508 e. The van der Waals surface area contributed by atoms with E-state index in [1.54, 1.807) is 32.0 Å². The Hall–Kier alpha value is -2.43. The van der Waals surface area contributed by atoms with Crippen LogP contribution < -0.4 is 0 Å². The predicted molar refractivity (Wildman–Crippen MR) is 90.0 cm³/mol. The fraction of sp³-hybridized carbons (Fsp3) is 0.421. The van der Waals surface area contributed by atoms with Gasteiger partial charge in [-0.05, 0) is 44.4 Å². The van der Waals surface area contributed by atoms with Gasteiger partial charge in [0.1, 0.15) is 11.7 Å². The second-order valence-electron chi connectivity index (χ2n) is 6.19. The van der Waals surface area contributed by atoms with Crippen LogP contribution in [0.2, 0.25) is 0 Å². The molecule has 2 aliphatic rings. The number of phenolic OH excluding ortho intramolecular Hbond substituents is 1. The highest BCUT2D eigenvalue weighted by atomic mass is 16.5. The average molecular weight is 327 g/mol. The Labute approximate surface area is 141 Å². The molecule has 1 heterocycles. The van der Waals surface area contributed by atoms with Crippen molar-refractivity contribution in [2.75, 3.05) is 6.61 Å². The number of Topliss-reactive ketones (excluding diaryl/α,β-unsaturated/α-hetero) is 1. The number of carbonyl (C=O) groups excluding carboxylic acids is 2. The van der Waals surface area contributed by atoms with E-state index in [4.69, 9.17) is 4.74 Å². The molecule has 1 aromatic rings. The molecule has 1 N–H and O–H groups in total. The Kier molecular flexibility index (Phi) is 4.51. The van der Waals surface area contributed by atoms with Crippen LogP contribution in [0.25, 0.3) is 0 Å². The van der Waals surface area contributed by atoms with Gasteiger partial charge < -0.3 is 9.84 Å². The molecule has 0 fully saturated rings. The van der Waals surface area contributed by atoms with E-state index in [0.717, 1.165) is 24.1 Å². The van der Waals surface area contributed by atoms with Gasteiger partial charge in [0.15, 0.2) is 5.78 Å². The lowest BCUT2D eigenvalue weighted by atomic mass is 9.72. The first-order valence-electron chi connectivity index (χ1n) is 8.30. The third-order valence-corrected chi connectivity index (χ3v) is 4.60. The molecule has 0 aromatic heterocycles. The number of aliphatic imine (C=N–C) groups is 1. The van der Waals surface area contributed by atoms with Crippen LogP contribution >= 0.6 is 0 Å². The first kappa shape index (κ1) is 16.4. The lowest BCUT2D eigenvalue weighted by molar-refractivity contribution is -0.146. The number of esters is 1. The summed E-state index contributed by atoms with van der Waals surface area (Å²) in [6.45, 7) is 3.84. The van der Waals surface area contributed by atoms with Crippen molar-refractivity contribution in [2.24, 2.45) is 10.9 Å². The van der Waals surface area contributed by atoms with E-state index in [0.29, 0.717) is 17.7 Å². The normalized spacial score (nSPS) is 23.6. The number of ether oxygens (including phenoxy) is 1. The van der Waals surface area contributed by atoms with Crippen LogP contribution in [0.15, 0.2) is 40.5 Å². The molecule has 0 saturated heterocycles. The van der Waals surface area contributed by atoms with Crippen LogP contribution in [-0.4, -0.2) is 29.2 Å². The number of aromatic hydroxyl groups is 1. The standard InChI is InChI=1S/C19H21NO4/c1-3-24-19(23)16-11(2)20-14-8-5-9-15(22)18(14)17(16)12-6-4-7-13(21)10-12/h4,6-7,10,16-17,21H,3,5,8-9H2,1-2H3/t16?,17-/m1/s1. The summed E-state index contributed by atoms with van der Waals surface area (Å²) in [6, 6.07) is 6.75. The Morgan fingerprint density at radius 3 is 2.88 bits per heavy atom. The third-order valence-electron chi connectivity index (χ3n) is 4.60. The molecule has 1 unspecified atom stereocenters. The summed E-state index contributed by atoms with van der Waals surface area (Å²) >= 11 is 0. The molecule has 24 heavy (non-hydrogen) atoms. The van der Waals surface area contributed by atoms with Gasteiger partial charge in [0.05, 0.1) is 6.61 Å². The Balaban J connectivity index is 2.15. The lowest BCUT2D eigenvalue weighted by Crippen LogP contribution is -2.37. The summed E-state index contributed by atoms with van der Waals surface area (Å²) in [4.78, 5) is 29.7. The first-order valence-corrected chi connectivity index (χ1v) is 8.30. The van der Waals surface area contributed by atoms with Crippen molar-refractivity contribution in [3.8, 4) is 5.75 Å². The van der Waals surface area contributed by atoms with E-state index in [1.165, 1.54) is 0 Å². The van der Waals surface area contributed by atoms with E-state index >= 15 is 0 Å². The molecular formula is C19H21NO4. The zero-order valence-corrected chi connectivity index (χ0v) is 13.9. The highest BCUT2D eigenvalue weighted by Gasteiger charge is 2.43. The summed E-state index contributed by atoms with van der Waals surface area (Å²) in [7, 11) is 0. The van der Waals surface area contributed by atoms with E-state index in [1.807, 2.05) is 6.07 Å². The first-order chi connectivity index (χ1) is 11.5. The quantitative estimate of drug-likeness (QED) is 0.865. The van der Waals surface area contributed by atoms with Crippen molar-refractivity contribution in [3.05, 3.63) is 41.1 Å². The number of hydrogen-bond acceptors (Lipinski definition) is 5. The molecule has 0 radical (unpaired) electrons. The monoisotopic (exact) mass is 327 g/mol. The molecule has 5 nitrogen and oxygen atoms in total. The highest BCUT2D eigenvalue weighted by molar-refractivity contribution is 6.08. The van der Waals surface area contributed by atoms with Crippen molar-refractivity contribution < 1.29 is 19.4 Å². The minimum Gasteiger partial charge on any atom is -0.508 e. The predicted octanol–water partition coefficient (Wildman–Crippen LogP) is 3.14.